The monoisotopic (exact) mass is 288 g/mol. The van der Waals surface area contributed by atoms with E-state index in [4.69, 9.17) is 4.42 Å². The molecule has 0 saturated carbocycles. The molecule has 0 fully saturated rings. The molecule has 0 radical (unpaired) electrons. The molecule has 3 heteroatoms. The third-order valence-electron chi connectivity index (χ3n) is 3.79. The van der Waals surface area contributed by atoms with Gasteiger partial charge in [0.05, 0.1) is 5.39 Å². The molecule has 0 aliphatic carbocycles. The van der Waals surface area contributed by atoms with Crippen molar-refractivity contribution in [2.24, 2.45) is 0 Å². The molecular weight excluding hydrogens is 276 g/mol. The van der Waals surface area contributed by atoms with Crippen LogP contribution in [-0.4, -0.2) is 5.11 Å². The van der Waals surface area contributed by atoms with Crippen LogP contribution in [0.1, 0.15) is 0 Å². The Morgan fingerprint density at radius 1 is 0.818 bits per heavy atom. The van der Waals surface area contributed by atoms with E-state index in [1.807, 2.05) is 42.5 Å². The minimum atomic E-state index is -0.412. The van der Waals surface area contributed by atoms with Gasteiger partial charge in [-0.15, -0.1) is 0 Å². The first-order valence-corrected chi connectivity index (χ1v) is 6.98. The van der Waals surface area contributed by atoms with E-state index < -0.39 is 5.43 Å². The van der Waals surface area contributed by atoms with E-state index in [9.17, 15) is 9.90 Å². The van der Waals surface area contributed by atoms with Crippen molar-refractivity contribution in [1.29, 1.82) is 0 Å². The van der Waals surface area contributed by atoms with Crippen LogP contribution >= 0.6 is 0 Å². The van der Waals surface area contributed by atoms with Gasteiger partial charge in [0.1, 0.15) is 5.58 Å². The lowest BCUT2D eigenvalue weighted by Crippen LogP contribution is -2.02. The standard InChI is InChI=1S/C19H12O3/c20-17-15-7-3-4-8-16(15)22-19(18(17)21)14-10-9-12-5-1-2-6-13(12)11-14/h1-11,21H. The zero-order valence-corrected chi connectivity index (χ0v) is 11.6. The van der Waals surface area contributed by atoms with Crippen molar-refractivity contribution < 1.29 is 9.52 Å². The molecule has 3 nitrogen and oxygen atoms in total. The summed E-state index contributed by atoms with van der Waals surface area (Å²) in [7, 11) is 0. The average molecular weight is 288 g/mol. The van der Waals surface area contributed by atoms with Gasteiger partial charge in [0, 0.05) is 5.56 Å². The second-order valence-corrected chi connectivity index (χ2v) is 5.17. The second-order valence-electron chi connectivity index (χ2n) is 5.17. The van der Waals surface area contributed by atoms with Crippen LogP contribution in [0.3, 0.4) is 0 Å². The SMILES string of the molecule is O=c1c(O)c(-c2ccc3ccccc3c2)oc2ccccc12. The molecule has 22 heavy (non-hydrogen) atoms. The molecule has 0 amide bonds. The van der Waals surface area contributed by atoms with Crippen LogP contribution in [0.15, 0.2) is 75.9 Å². The average Bonchev–Trinajstić information content (AvgIpc) is 2.58. The Hall–Kier alpha value is -3.07. The number of para-hydroxylation sites is 1. The van der Waals surface area contributed by atoms with Gasteiger partial charge in [-0.05, 0) is 29.0 Å². The van der Waals surface area contributed by atoms with Gasteiger partial charge in [-0.1, -0.05) is 48.5 Å². The quantitative estimate of drug-likeness (QED) is 0.567. The van der Waals surface area contributed by atoms with Crippen LogP contribution in [0.2, 0.25) is 0 Å². The Bertz CT molecular complexity index is 1060. The highest BCUT2D eigenvalue weighted by Gasteiger charge is 2.15. The number of aromatic hydroxyl groups is 1. The van der Waals surface area contributed by atoms with Gasteiger partial charge in [-0.25, -0.2) is 0 Å². The maximum atomic E-state index is 12.3. The first-order chi connectivity index (χ1) is 10.7. The third kappa shape index (κ3) is 1.87. The summed E-state index contributed by atoms with van der Waals surface area (Å²) in [5.41, 5.74) is 0.734. The molecule has 4 rings (SSSR count). The Morgan fingerprint density at radius 3 is 2.41 bits per heavy atom. The van der Waals surface area contributed by atoms with E-state index in [1.165, 1.54) is 0 Å². The molecule has 0 atom stereocenters. The summed E-state index contributed by atoms with van der Waals surface area (Å²) in [5.74, 6) is -0.150. The van der Waals surface area contributed by atoms with E-state index in [2.05, 4.69) is 0 Å². The van der Waals surface area contributed by atoms with Gasteiger partial charge >= 0.3 is 0 Å². The summed E-state index contributed by atoms with van der Waals surface area (Å²) in [6.07, 6.45) is 0. The van der Waals surface area contributed by atoms with Gasteiger partial charge in [-0.3, -0.25) is 4.79 Å². The van der Waals surface area contributed by atoms with E-state index in [-0.39, 0.29) is 11.5 Å². The first-order valence-electron chi connectivity index (χ1n) is 6.98. The highest BCUT2D eigenvalue weighted by atomic mass is 16.4. The Balaban J connectivity index is 2.03. The van der Waals surface area contributed by atoms with Crippen LogP contribution < -0.4 is 5.43 Å². The van der Waals surface area contributed by atoms with Crippen LogP contribution in [0.5, 0.6) is 5.75 Å². The second kappa shape index (κ2) is 4.74. The van der Waals surface area contributed by atoms with Crippen molar-refractivity contribution >= 4 is 21.7 Å². The summed E-state index contributed by atoms with van der Waals surface area (Å²) in [6.45, 7) is 0. The molecule has 0 unspecified atom stereocenters. The van der Waals surface area contributed by atoms with E-state index in [0.717, 1.165) is 10.8 Å². The largest absolute Gasteiger partial charge is 0.502 e. The Morgan fingerprint density at radius 2 is 1.55 bits per heavy atom. The van der Waals surface area contributed by atoms with E-state index in [0.29, 0.717) is 16.5 Å². The highest BCUT2D eigenvalue weighted by molar-refractivity contribution is 5.88. The van der Waals surface area contributed by atoms with Crippen molar-refractivity contribution in [3.05, 3.63) is 77.0 Å². The van der Waals surface area contributed by atoms with Gasteiger partial charge in [-0.2, -0.15) is 0 Å². The Labute approximate surface area is 126 Å². The van der Waals surface area contributed by atoms with Crippen LogP contribution in [0, 0.1) is 0 Å². The molecule has 106 valence electrons. The lowest BCUT2D eigenvalue weighted by molar-refractivity contribution is 0.449. The Kier molecular flexibility index (Phi) is 2.73. The predicted octanol–water partition coefficient (Wildman–Crippen LogP) is 4.32. The molecule has 1 heterocycles. The van der Waals surface area contributed by atoms with Crippen molar-refractivity contribution in [3.8, 4) is 17.1 Å². The summed E-state index contributed by atoms with van der Waals surface area (Å²) >= 11 is 0. The van der Waals surface area contributed by atoms with Crippen LogP contribution in [0.4, 0.5) is 0 Å². The highest BCUT2D eigenvalue weighted by Crippen LogP contribution is 2.31. The minimum Gasteiger partial charge on any atom is -0.502 e. The normalized spacial score (nSPS) is 11.1. The summed E-state index contributed by atoms with van der Waals surface area (Å²) in [6, 6.07) is 20.5. The molecule has 0 bridgehead atoms. The van der Waals surface area contributed by atoms with Gasteiger partial charge < -0.3 is 9.52 Å². The first kappa shape index (κ1) is 12.7. The topological polar surface area (TPSA) is 50.4 Å². The fraction of sp³-hybridized carbons (Fsp3) is 0. The number of hydrogen-bond donors (Lipinski definition) is 1. The molecular formula is C19H12O3. The summed E-state index contributed by atoms with van der Waals surface area (Å²) in [5, 5.41) is 12.7. The molecule has 0 aliphatic rings. The van der Waals surface area contributed by atoms with E-state index in [1.54, 1.807) is 24.3 Å². The fourth-order valence-corrected chi connectivity index (χ4v) is 2.66. The fourth-order valence-electron chi connectivity index (χ4n) is 2.66. The number of benzene rings is 3. The lowest BCUT2D eigenvalue weighted by atomic mass is 10.0. The zero-order chi connectivity index (χ0) is 15.1. The van der Waals surface area contributed by atoms with Crippen molar-refractivity contribution in [2.75, 3.05) is 0 Å². The molecule has 0 aliphatic heterocycles. The molecule has 1 aromatic heterocycles. The van der Waals surface area contributed by atoms with Crippen LogP contribution in [-0.2, 0) is 0 Å². The molecule has 0 spiro atoms. The summed E-state index contributed by atoms with van der Waals surface area (Å²) in [4.78, 5) is 12.3. The number of fused-ring (bicyclic) bond motifs is 2. The molecule has 0 saturated heterocycles. The maximum Gasteiger partial charge on any atom is 0.235 e. The molecule has 3 aromatic carbocycles. The maximum absolute atomic E-state index is 12.3. The van der Waals surface area contributed by atoms with Crippen molar-refractivity contribution in [2.45, 2.75) is 0 Å². The smallest absolute Gasteiger partial charge is 0.235 e. The lowest BCUT2D eigenvalue weighted by Gasteiger charge is -2.07. The summed E-state index contributed by atoms with van der Waals surface area (Å²) < 4.78 is 5.76. The van der Waals surface area contributed by atoms with Crippen molar-refractivity contribution in [3.63, 3.8) is 0 Å². The predicted molar refractivity (Wildman–Crippen MR) is 87.1 cm³/mol. The van der Waals surface area contributed by atoms with Gasteiger partial charge in [0.15, 0.2) is 5.76 Å². The van der Waals surface area contributed by atoms with E-state index >= 15 is 0 Å². The third-order valence-corrected chi connectivity index (χ3v) is 3.79. The van der Waals surface area contributed by atoms with Gasteiger partial charge in [0.2, 0.25) is 11.2 Å². The van der Waals surface area contributed by atoms with Crippen molar-refractivity contribution in [1.82, 2.24) is 0 Å². The molecule has 1 N–H and O–H groups in total. The molecule has 4 aromatic rings. The van der Waals surface area contributed by atoms with Crippen LogP contribution in [0.25, 0.3) is 33.1 Å². The van der Waals surface area contributed by atoms with Gasteiger partial charge in [0.25, 0.3) is 0 Å². The zero-order valence-electron chi connectivity index (χ0n) is 11.6. The number of hydrogen-bond acceptors (Lipinski definition) is 3. The minimum absolute atomic E-state index is 0.203. The number of rotatable bonds is 1.